The van der Waals surface area contributed by atoms with Crippen LogP contribution in [0.3, 0.4) is 0 Å². The van der Waals surface area contributed by atoms with Gasteiger partial charge in [0.25, 0.3) is 0 Å². The molecule has 0 amide bonds. The summed E-state index contributed by atoms with van der Waals surface area (Å²) in [5.41, 5.74) is 2.58. The molecule has 2 nitrogen and oxygen atoms in total. The van der Waals surface area contributed by atoms with Gasteiger partial charge in [-0.1, -0.05) is 81.4 Å². The molecule has 2 aromatic carbocycles. The van der Waals surface area contributed by atoms with Gasteiger partial charge in [0.05, 0.1) is 12.1 Å². The zero-order valence-electron chi connectivity index (χ0n) is 16.5. The van der Waals surface area contributed by atoms with E-state index in [0.717, 1.165) is 6.54 Å². The number of hydrogen-bond acceptors (Lipinski definition) is 2. The molecule has 0 aromatic heterocycles. The fourth-order valence-corrected chi connectivity index (χ4v) is 4.17. The van der Waals surface area contributed by atoms with Gasteiger partial charge in [0.15, 0.2) is 8.32 Å². The van der Waals surface area contributed by atoms with Gasteiger partial charge in [0.2, 0.25) is 0 Å². The maximum atomic E-state index is 6.68. The Morgan fingerprint density at radius 2 is 1.44 bits per heavy atom. The van der Waals surface area contributed by atoms with Crippen molar-refractivity contribution in [3.05, 3.63) is 71.8 Å². The third-order valence-corrected chi connectivity index (χ3v) is 9.86. The van der Waals surface area contributed by atoms with E-state index in [4.69, 9.17) is 4.43 Å². The quantitative estimate of drug-likeness (QED) is 0.622. The lowest BCUT2D eigenvalue weighted by molar-refractivity contribution is 0.151. The molecule has 3 heteroatoms. The summed E-state index contributed by atoms with van der Waals surface area (Å²) in [7, 11) is -1.81. The van der Waals surface area contributed by atoms with Gasteiger partial charge in [0.1, 0.15) is 0 Å². The minimum Gasteiger partial charge on any atom is -0.412 e. The van der Waals surface area contributed by atoms with Crippen LogP contribution >= 0.6 is 0 Å². The number of benzene rings is 2. The van der Waals surface area contributed by atoms with E-state index in [1.54, 1.807) is 0 Å². The molecule has 2 atom stereocenters. The fourth-order valence-electron chi connectivity index (χ4n) is 2.75. The maximum Gasteiger partial charge on any atom is 0.192 e. The van der Waals surface area contributed by atoms with Crippen molar-refractivity contribution in [2.75, 3.05) is 0 Å². The first kappa shape index (κ1) is 19.9. The molecule has 1 N–H and O–H groups in total. The highest BCUT2D eigenvalue weighted by Crippen LogP contribution is 2.38. The molecular formula is C22H33NOSi. The molecular weight excluding hydrogens is 322 g/mol. The minimum absolute atomic E-state index is 0.118. The summed E-state index contributed by atoms with van der Waals surface area (Å²) in [5.74, 6) is 0. The third-order valence-electron chi connectivity index (χ3n) is 5.28. The molecule has 0 heterocycles. The average molecular weight is 356 g/mol. The first-order valence-corrected chi connectivity index (χ1v) is 12.1. The lowest BCUT2D eigenvalue weighted by Gasteiger charge is -2.40. The highest BCUT2D eigenvalue weighted by atomic mass is 28.4. The van der Waals surface area contributed by atoms with Crippen LogP contribution < -0.4 is 5.32 Å². The Morgan fingerprint density at radius 3 is 1.96 bits per heavy atom. The normalized spacial score (nSPS) is 15.0. The largest absolute Gasteiger partial charge is 0.412 e. The SMILES string of the molecule is C[C@H](O[Si](C)(C)C(C)(C)C)[C@@H](NCc1ccccc1)c1ccccc1. The van der Waals surface area contributed by atoms with Gasteiger partial charge in [-0.2, -0.15) is 0 Å². The van der Waals surface area contributed by atoms with Crippen molar-refractivity contribution in [1.82, 2.24) is 5.32 Å². The molecule has 25 heavy (non-hydrogen) atoms. The predicted molar refractivity (Wildman–Crippen MR) is 110 cm³/mol. The molecule has 0 aliphatic heterocycles. The van der Waals surface area contributed by atoms with Crippen LogP contribution in [0.2, 0.25) is 18.1 Å². The molecule has 0 bridgehead atoms. The maximum absolute atomic E-state index is 6.68. The van der Waals surface area contributed by atoms with Crippen molar-refractivity contribution in [1.29, 1.82) is 0 Å². The smallest absolute Gasteiger partial charge is 0.192 e. The highest BCUT2D eigenvalue weighted by Gasteiger charge is 2.39. The van der Waals surface area contributed by atoms with Crippen LogP contribution in [0.4, 0.5) is 0 Å². The molecule has 0 aliphatic carbocycles. The molecule has 0 unspecified atom stereocenters. The second-order valence-electron chi connectivity index (χ2n) is 8.34. The summed E-state index contributed by atoms with van der Waals surface area (Å²) < 4.78 is 6.68. The second kappa shape index (κ2) is 8.30. The number of nitrogens with one attached hydrogen (secondary N) is 1. The van der Waals surface area contributed by atoms with Crippen LogP contribution in [0, 0.1) is 0 Å². The Bertz CT molecular complexity index is 634. The van der Waals surface area contributed by atoms with E-state index in [-0.39, 0.29) is 17.2 Å². The third kappa shape index (κ3) is 5.53. The van der Waals surface area contributed by atoms with Gasteiger partial charge in [-0.25, -0.2) is 0 Å². The topological polar surface area (TPSA) is 21.3 Å². The summed E-state index contributed by atoms with van der Waals surface area (Å²) in [4.78, 5) is 0. The molecule has 0 radical (unpaired) electrons. The Labute approximate surface area is 154 Å². The second-order valence-corrected chi connectivity index (χ2v) is 13.1. The Balaban J connectivity index is 2.17. The average Bonchev–Trinajstić information content (AvgIpc) is 2.55. The van der Waals surface area contributed by atoms with Crippen molar-refractivity contribution >= 4 is 8.32 Å². The summed E-state index contributed by atoms with van der Waals surface area (Å²) in [6.07, 6.45) is 0.118. The van der Waals surface area contributed by atoms with Crippen molar-refractivity contribution in [3.63, 3.8) is 0 Å². The van der Waals surface area contributed by atoms with E-state index in [9.17, 15) is 0 Å². The number of hydrogen-bond donors (Lipinski definition) is 1. The molecule has 0 spiro atoms. The Morgan fingerprint density at radius 1 is 0.920 bits per heavy atom. The minimum atomic E-state index is -1.81. The Hall–Kier alpha value is -1.42. The van der Waals surface area contributed by atoms with E-state index < -0.39 is 8.32 Å². The van der Waals surface area contributed by atoms with Crippen molar-refractivity contribution in [2.24, 2.45) is 0 Å². The zero-order chi connectivity index (χ0) is 18.5. The summed E-state index contributed by atoms with van der Waals surface area (Å²) >= 11 is 0. The van der Waals surface area contributed by atoms with Gasteiger partial charge < -0.3 is 9.74 Å². The van der Waals surface area contributed by atoms with E-state index in [0.29, 0.717) is 0 Å². The number of rotatable bonds is 7. The molecule has 2 aromatic rings. The molecule has 136 valence electrons. The van der Waals surface area contributed by atoms with Gasteiger partial charge in [-0.05, 0) is 36.2 Å². The van der Waals surface area contributed by atoms with Crippen LogP contribution in [0.15, 0.2) is 60.7 Å². The van der Waals surface area contributed by atoms with Crippen LogP contribution in [0.5, 0.6) is 0 Å². The molecule has 0 saturated carbocycles. The molecule has 2 rings (SSSR count). The van der Waals surface area contributed by atoms with Crippen molar-refractivity contribution < 1.29 is 4.43 Å². The lowest BCUT2D eigenvalue weighted by Crippen LogP contribution is -2.46. The zero-order valence-corrected chi connectivity index (χ0v) is 17.5. The van der Waals surface area contributed by atoms with Gasteiger partial charge in [-0.15, -0.1) is 0 Å². The van der Waals surface area contributed by atoms with Gasteiger partial charge >= 0.3 is 0 Å². The van der Waals surface area contributed by atoms with Crippen LogP contribution in [0.25, 0.3) is 0 Å². The summed E-state index contributed by atoms with van der Waals surface area (Å²) in [6.45, 7) is 14.6. The fraction of sp³-hybridized carbons (Fsp3) is 0.455. The monoisotopic (exact) mass is 355 g/mol. The van der Waals surface area contributed by atoms with Crippen molar-refractivity contribution in [2.45, 2.75) is 64.5 Å². The van der Waals surface area contributed by atoms with Crippen LogP contribution in [-0.4, -0.2) is 14.4 Å². The molecule has 0 aliphatic rings. The molecule has 0 fully saturated rings. The standard InChI is InChI=1S/C22H33NOSi/c1-18(24-25(5,6)22(2,3)4)21(20-15-11-8-12-16-20)23-17-19-13-9-7-10-14-19/h7-16,18,21,23H,17H2,1-6H3/t18-,21+/m0/s1. The first-order valence-electron chi connectivity index (χ1n) is 9.21. The first-order chi connectivity index (χ1) is 11.7. The summed E-state index contributed by atoms with van der Waals surface area (Å²) in [5, 5.41) is 3.93. The van der Waals surface area contributed by atoms with E-state index in [1.165, 1.54) is 11.1 Å². The predicted octanol–water partition coefficient (Wildman–Crippen LogP) is 5.93. The van der Waals surface area contributed by atoms with Crippen LogP contribution in [0.1, 0.15) is 44.9 Å². The highest BCUT2D eigenvalue weighted by molar-refractivity contribution is 6.74. The van der Waals surface area contributed by atoms with E-state index in [1.807, 2.05) is 0 Å². The van der Waals surface area contributed by atoms with Crippen LogP contribution in [-0.2, 0) is 11.0 Å². The van der Waals surface area contributed by atoms with Gasteiger partial charge in [0, 0.05) is 6.54 Å². The molecule has 0 saturated heterocycles. The summed E-state index contributed by atoms with van der Waals surface area (Å²) in [6, 6.07) is 21.4. The van der Waals surface area contributed by atoms with Gasteiger partial charge in [-0.3, -0.25) is 0 Å². The van der Waals surface area contributed by atoms with Crippen molar-refractivity contribution in [3.8, 4) is 0 Å². The Kier molecular flexibility index (Phi) is 6.61. The lowest BCUT2D eigenvalue weighted by atomic mass is 10.0. The van der Waals surface area contributed by atoms with E-state index in [2.05, 4.69) is 107 Å². The van der Waals surface area contributed by atoms with E-state index >= 15 is 0 Å².